The van der Waals surface area contributed by atoms with Crippen molar-refractivity contribution in [1.82, 2.24) is 20.2 Å². The number of rotatable bonds is 3. The van der Waals surface area contributed by atoms with Crippen LogP contribution in [0.15, 0.2) is 66.9 Å². The largest absolute Gasteiger partial charge is 0.478 e. The van der Waals surface area contributed by atoms with Gasteiger partial charge >= 0.3 is 5.97 Å². The number of nitrogens with zero attached hydrogens (tertiary/aromatic N) is 4. The molecule has 7 heteroatoms. The lowest BCUT2D eigenvalue weighted by Gasteiger charge is -2.31. The molecule has 7 nitrogen and oxygen atoms in total. The molecule has 0 atom stereocenters. The first-order chi connectivity index (χ1) is 15.7. The van der Waals surface area contributed by atoms with Gasteiger partial charge < -0.3 is 10.0 Å². The van der Waals surface area contributed by atoms with Crippen LogP contribution in [0.25, 0.3) is 33.2 Å². The van der Waals surface area contributed by atoms with Crippen LogP contribution in [0, 0.1) is 0 Å². The first-order valence-electron chi connectivity index (χ1n) is 10.5. The van der Waals surface area contributed by atoms with Crippen LogP contribution in [-0.2, 0) is 6.42 Å². The minimum Gasteiger partial charge on any atom is -0.478 e. The van der Waals surface area contributed by atoms with Crippen molar-refractivity contribution in [2.45, 2.75) is 12.8 Å². The number of H-pyrrole nitrogens is 1. The maximum atomic E-state index is 11.5. The number of aryl methyl sites for hydroxylation is 1. The molecule has 2 aromatic heterocycles. The molecule has 0 unspecified atom stereocenters. The van der Waals surface area contributed by atoms with Gasteiger partial charge in [-0.15, -0.1) is 0 Å². The number of nitrogens with one attached hydrogen (secondary N) is 1. The number of hydrogen-bond donors (Lipinski definition) is 2. The number of fused-ring (bicyclic) bond motifs is 3. The molecule has 3 aromatic carbocycles. The van der Waals surface area contributed by atoms with Gasteiger partial charge in [-0.1, -0.05) is 24.3 Å². The minimum atomic E-state index is -0.979. The Balaban J connectivity index is 1.62. The van der Waals surface area contributed by atoms with Crippen molar-refractivity contribution >= 4 is 39.4 Å². The van der Waals surface area contributed by atoms with Crippen LogP contribution < -0.4 is 4.90 Å². The number of para-hydroxylation sites is 1. The van der Waals surface area contributed by atoms with Gasteiger partial charge in [0.2, 0.25) is 0 Å². The van der Waals surface area contributed by atoms with Crippen LogP contribution in [-0.4, -0.2) is 37.8 Å². The standard InChI is InChI=1S/C25H19N5O2/c31-25(32)17-8-10-20-21(13-17)28-24(30-11-3-5-15-4-1-2-6-22(15)30)23(27-20)16-7-9-19-18(12-16)14-26-29-19/h1-2,4,6-10,12-14H,3,5,11H2,(H,26,29)(H,31,32). The Morgan fingerprint density at radius 3 is 2.81 bits per heavy atom. The third-order valence-electron chi connectivity index (χ3n) is 5.97. The van der Waals surface area contributed by atoms with Crippen molar-refractivity contribution in [2.75, 3.05) is 11.4 Å². The van der Waals surface area contributed by atoms with E-state index in [2.05, 4.69) is 39.4 Å². The normalized spacial score (nSPS) is 13.4. The van der Waals surface area contributed by atoms with E-state index in [0.717, 1.165) is 53.1 Å². The molecular weight excluding hydrogens is 402 g/mol. The number of aromatic nitrogens is 4. The Morgan fingerprint density at radius 2 is 1.91 bits per heavy atom. The fourth-order valence-corrected chi connectivity index (χ4v) is 4.40. The molecule has 1 aliphatic rings. The van der Waals surface area contributed by atoms with Gasteiger partial charge in [-0.2, -0.15) is 5.10 Å². The number of anilines is 2. The van der Waals surface area contributed by atoms with E-state index in [1.807, 2.05) is 18.2 Å². The molecule has 0 bridgehead atoms. The van der Waals surface area contributed by atoms with Crippen LogP contribution in [0.2, 0.25) is 0 Å². The number of hydrogen-bond acceptors (Lipinski definition) is 5. The molecule has 5 aromatic rings. The molecule has 156 valence electrons. The third kappa shape index (κ3) is 2.98. The summed E-state index contributed by atoms with van der Waals surface area (Å²) in [5.74, 6) is -0.247. The molecule has 6 rings (SSSR count). The highest BCUT2D eigenvalue weighted by molar-refractivity contribution is 5.94. The monoisotopic (exact) mass is 421 g/mol. The van der Waals surface area contributed by atoms with Crippen molar-refractivity contribution in [2.24, 2.45) is 0 Å². The zero-order valence-corrected chi connectivity index (χ0v) is 17.1. The fraction of sp³-hybridized carbons (Fsp3) is 0.120. The third-order valence-corrected chi connectivity index (χ3v) is 5.97. The molecule has 0 amide bonds. The Hall–Kier alpha value is -4.26. The lowest BCUT2D eigenvalue weighted by molar-refractivity contribution is 0.0697. The summed E-state index contributed by atoms with van der Waals surface area (Å²) in [6.07, 6.45) is 3.82. The average molecular weight is 421 g/mol. The number of carbonyl (C=O) groups is 1. The molecular formula is C25H19N5O2. The SMILES string of the molecule is O=C(O)c1ccc2nc(-c3ccc4[nH]ncc4c3)c(N3CCCc4ccccc43)nc2c1. The molecule has 0 saturated heterocycles. The molecule has 0 fully saturated rings. The predicted octanol–water partition coefficient (Wildman–Crippen LogP) is 4.96. The second kappa shape index (κ2) is 7.16. The number of benzene rings is 3. The van der Waals surface area contributed by atoms with Crippen LogP contribution in [0.4, 0.5) is 11.5 Å². The Bertz CT molecular complexity index is 1510. The number of aromatic carboxylic acids is 1. The van der Waals surface area contributed by atoms with Gasteiger partial charge in [-0.05, 0) is 54.8 Å². The summed E-state index contributed by atoms with van der Waals surface area (Å²) < 4.78 is 0. The van der Waals surface area contributed by atoms with Gasteiger partial charge in [0, 0.05) is 23.2 Å². The maximum Gasteiger partial charge on any atom is 0.335 e. The number of carboxylic acid groups (broad SMARTS) is 1. The van der Waals surface area contributed by atoms with E-state index in [9.17, 15) is 9.90 Å². The van der Waals surface area contributed by atoms with Crippen LogP contribution in [0.3, 0.4) is 0 Å². The van der Waals surface area contributed by atoms with Gasteiger partial charge in [0.1, 0.15) is 5.69 Å². The Kier molecular flexibility index (Phi) is 4.14. The molecule has 1 aliphatic heterocycles. The van der Waals surface area contributed by atoms with Crippen molar-refractivity contribution in [3.8, 4) is 11.3 Å². The first kappa shape index (κ1) is 18.5. The zero-order valence-electron chi connectivity index (χ0n) is 17.1. The van der Waals surface area contributed by atoms with Crippen LogP contribution >= 0.6 is 0 Å². The van der Waals surface area contributed by atoms with E-state index < -0.39 is 5.97 Å². The average Bonchev–Trinajstić information content (AvgIpc) is 3.30. The van der Waals surface area contributed by atoms with Crippen molar-refractivity contribution in [3.05, 3.63) is 78.0 Å². The van der Waals surface area contributed by atoms with Crippen LogP contribution in [0.1, 0.15) is 22.3 Å². The van der Waals surface area contributed by atoms with Gasteiger partial charge in [0.25, 0.3) is 0 Å². The summed E-state index contributed by atoms with van der Waals surface area (Å²) in [5, 5.41) is 17.5. The van der Waals surface area contributed by atoms with E-state index in [0.29, 0.717) is 11.0 Å². The summed E-state index contributed by atoms with van der Waals surface area (Å²) in [6, 6.07) is 19.3. The lowest BCUT2D eigenvalue weighted by atomic mass is 10.0. The van der Waals surface area contributed by atoms with Crippen LogP contribution in [0.5, 0.6) is 0 Å². The summed E-state index contributed by atoms with van der Waals surface area (Å²) >= 11 is 0. The minimum absolute atomic E-state index is 0.198. The highest BCUT2D eigenvalue weighted by Crippen LogP contribution is 2.38. The Morgan fingerprint density at radius 1 is 1.00 bits per heavy atom. The second-order valence-electron chi connectivity index (χ2n) is 7.96. The Labute approximate surface area is 183 Å². The van der Waals surface area contributed by atoms with Gasteiger partial charge in [0.05, 0.1) is 28.3 Å². The molecule has 0 spiro atoms. The van der Waals surface area contributed by atoms with Crippen molar-refractivity contribution in [3.63, 3.8) is 0 Å². The van der Waals surface area contributed by atoms with E-state index in [1.54, 1.807) is 24.4 Å². The van der Waals surface area contributed by atoms with E-state index in [-0.39, 0.29) is 5.56 Å². The predicted molar refractivity (Wildman–Crippen MR) is 123 cm³/mol. The molecule has 0 aliphatic carbocycles. The van der Waals surface area contributed by atoms with Gasteiger partial charge in [-0.3, -0.25) is 5.10 Å². The summed E-state index contributed by atoms with van der Waals surface area (Å²) in [5.41, 5.74) is 6.47. The lowest BCUT2D eigenvalue weighted by Crippen LogP contribution is -2.26. The van der Waals surface area contributed by atoms with E-state index in [4.69, 9.17) is 9.97 Å². The van der Waals surface area contributed by atoms with Crippen molar-refractivity contribution < 1.29 is 9.90 Å². The van der Waals surface area contributed by atoms with Gasteiger partial charge in [-0.25, -0.2) is 14.8 Å². The van der Waals surface area contributed by atoms with Gasteiger partial charge in [0.15, 0.2) is 5.82 Å². The van der Waals surface area contributed by atoms with Crippen molar-refractivity contribution in [1.29, 1.82) is 0 Å². The zero-order chi connectivity index (χ0) is 21.7. The molecule has 0 saturated carbocycles. The maximum absolute atomic E-state index is 11.5. The van der Waals surface area contributed by atoms with E-state index in [1.165, 1.54) is 5.56 Å². The molecule has 2 N–H and O–H groups in total. The quantitative estimate of drug-likeness (QED) is 0.428. The number of carboxylic acids is 1. The summed E-state index contributed by atoms with van der Waals surface area (Å²) in [6.45, 7) is 0.816. The van der Waals surface area contributed by atoms with E-state index >= 15 is 0 Å². The second-order valence-corrected chi connectivity index (χ2v) is 7.96. The topological polar surface area (TPSA) is 95.0 Å². The summed E-state index contributed by atoms with van der Waals surface area (Å²) in [4.78, 5) is 23.6. The fourth-order valence-electron chi connectivity index (χ4n) is 4.40. The smallest absolute Gasteiger partial charge is 0.335 e. The number of aromatic amines is 1. The first-order valence-corrected chi connectivity index (χ1v) is 10.5. The highest BCUT2D eigenvalue weighted by atomic mass is 16.4. The summed E-state index contributed by atoms with van der Waals surface area (Å²) in [7, 11) is 0. The highest BCUT2D eigenvalue weighted by Gasteiger charge is 2.24. The molecule has 3 heterocycles. The molecule has 32 heavy (non-hydrogen) atoms. The molecule has 0 radical (unpaired) electrons.